The smallest absolute Gasteiger partial charge is 0.252 e. The molecule has 5 heteroatoms. The first-order valence-electron chi connectivity index (χ1n) is 7.28. The van der Waals surface area contributed by atoms with Gasteiger partial charge in [0.15, 0.2) is 0 Å². The van der Waals surface area contributed by atoms with Gasteiger partial charge in [0.1, 0.15) is 6.10 Å². The molecule has 1 aliphatic rings. The van der Waals surface area contributed by atoms with Gasteiger partial charge < -0.3 is 15.0 Å². The van der Waals surface area contributed by atoms with E-state index in [1.807, 2.05) is 39.0 Å². The minimum Gasteiger partial charge on any atom is -0.366 e. The second-order valence-electron chi connectivity index (χ2n) is 5.41. The standard InChI is InChI=1S/C16H22N2O3/c1-4-18-5-6-21-14(16(18)20)10-15(19)17-13-8-11(2)7-12(3)9-13/h7-9,14H,4-6,10H2,1-3H3,(H,17,19)/t14-/m0/s1. The van der Waals surface area contributed by atoms with Crippen molar-refractivity contribution in [1.29, 1.82) is 0 Å². The number of rotatable bonds is 4. The summed E-state index contributed by atoms with van der Waals surface area (Å²) >= 11 is 0. The van der Waals surface area contributed by atoms with Crippen LogP contribution in [0.15, 0.2) is 18.2 Å². The predicted molar refractivity (Wildman–Crippen MR) is 81.2 cm³/mol. The zero-order valence-corrected chi connectivity index (χ0v) is 12.8. The number of hydrogen-bond donors (Lipinski definition) is 1. The second-order valence-corrected chi connectivity index (χ2v) is 5.41. The first-order chi connectivity index (χ1) is 9.99. The molecule has 1 fully saturated rings. The molecule has 0 radical (unpaired) electrons. The zero-order chi connectivity index (χ0) is 15.4. The number of anilines is 1. The van der Waals surface area contributed by atoms with Crippen LogP contribution in [-0.2, 0) is 14.3 Å². The Balaban J connectivity index is 1.96. The first-order valence-corrected chi connectivity index (χ1v) is 7.28. The Hall–Kier alpha value is -1.88. The maximum Gasteiger partial charge on any atom is 0.252 e. The molecule has 1 N–H and O–H groups in total. The number of aryl methyl sites for hydroxylation is 2. The van der Waals surface area contributed by atoms with Gasteiger partial charge in [-0.15, -0.1) is 0 Å². The Kier molecular flexibility index (Phi) is 4.96. The van der Waals surface area contributed by atoms with Crippen LogP contribution in [0.1, 0.15) is 24.5 Å². The van der Waals surface area contributed by atoms with Gasteiger partial charge in [0, 0.05) is 18.8 Å². The van der Waals surface area contributed by atoms with Gasteiger partial charge in [-0.2, -0.15) is 0 Å². The van der Waals surface area contributed by atoms with E-state index in [-0.39, 0.29) is 18.2 Å². The Bertz CT molecular complexity index is 522. The molecular formula is C16H22N2O3. The van der Waals surface area contributed by atoms with Crippen LogP contribution in [0.3, 0.4) is 0 Å². The molecule has 0 spiro atoms. The molecule has 1 heterocycles. The number of carbonyl (C=O) groups is 2. The van der Waals surface area contributed by atoms with Crippen LogP contribution >= 0.6 is 0 Å². The molecule has 1 saturated heterocycles. The summed E-state index contributed by atoms with van der Waals surface area (Å²) in [4.78, 5) is 25.9. The molecule has 5 nitrogen and oxygen atoms in total. The lowest BCUT2D eigenvalue weighted by Crippen LogP contribution is -2.48. The Labute approximate surface area is 125 Å². The molecule has 1 aromatic carbocycles. The summed E-state index contributed by atoms with van der Waals surface area (Å²) in [7, 11) is 0. The number of ether oxygens (including phenoxy) is 1. The zero-order valence-electron chi connectivity index (χ0n) is 12.8. The van der Waals surface area contributed by atoms with Gasteiger partial charge in [-0.25, -0.2) is 0 Å². The highest BCUT2D eigenvalue weighted by Crippen LogP contribution is 2.16. The fourth-order valence-corrected chi connectivity index (χ4v) is 2.58. The summed E-state index contributed by atoms with van der Waals surface area (Å²) in [5, 5.41) is 2.83. The number of benzene rings is 1. The number of nitrogens with zero attached hydrogens (tertiary/aromatic N) is 1. The van der Waals surface area contributed by atoms with Crippen molar-refractivity contribution < 1.29 is 14.3 Å². The third kappa shape index (κ3) is 4.04. The molecule has 0 aromatic heterocycles. The normalized spacial score (nSPS) is 18.7. The molecule has 2 amide bonds. The molecule has 0 aliphatic carbocycles. The maximum atomic E-state index is 12.1. The van der Waals surface area contributed by atoms with Crippen LogP contribution in [0.2, 0.25) is 0 Å². The van der Waals surface area contributed by atoms with Gasteiger partial charge in [-0.05, 0) is 44.0 Å². The third-order valence-electron chi connectivity index (χ3n) is 3.53. The van der Waals surface area contributed by atoms with Crippen molar-refractivity contribution in [3.8, 4) is 0 Å². The van der Waals surface area contributed by atoms with Crippen LogP contribution in [0.4, 0.5) is 5.69 Å². The summed E-state index contributed by atoms with van der Waals surface area (Å²) < 4.78 is 5.43. The Morgan fingerprint density at radius 3 is 2.62 bits per heavy atom. The van der Waals surface area contributed by atoms with Crippen molar-refractivity contribution >= 4 is 17.5 Å². The Morgan fingerprint density at radius 1 is 1.33 bits per heavy atom. The highest BCUT2D eigenvalue weighted by Gasteiger charge is 2.30. The van der Waals surface area contributed by atoms with Crippen LogP contribution in [-0.4, -0.2) is 42.5 Å². The van der Waals surface area contributed by atoms with Gasteiger partial charge >= 0.3 is 0 Å². The van der Waals surface area contributed by atoms with E-state index >= 15 is 0 Å². The van der Waals surface area contributed by atoms with Crippen molar-refractivity contribution in [2.75, 3.05) is 25.0 Å². The number of likely N-dealkylation sites (N-methyl/N-ethyl adjacent to an activating group) is 1. The number of nitrogens with one attached hydrogen (secondary N) is 1. The summed E-state index contributed by atoms with van der Waals surface area (Å²) in [6.45, 7) is 7.63. The van der Waals surface area contributed by atoms with Crippen LogP contribution < -0.4 is 5.32 Å². The van der Waals surface area contributed by atoms with Crippen LogP contribution in [0.25, 0.3) is 0 Å². The van der Waals surface area contributed by atoms with Crippen molar-refractivity contribution in [2.24, 2.45) is 0 Å². The molecular weight excluding hydrogens is 268 g/mol. The van der Waals surface area contributed by atoms with Gasteiger partial charge in [-0.1, -0.05) is 6.07 Å². The average molecular weight is 290 g/mol. The van der Waals surface area contributed by atoms with Crippen molar-refractivity contribution in [2.45, 2.75) is 33.3 Å². The van der Waals surface area contributed by atoms with Gasteiger partial charge in [0.25, 0.3) is 5.91 Å². The van der Waals surface area contributed by atoms with E-state index in [1.54, 1.807) is 4.90 Å². The quantitative estimate of drug-likeness (QED) is 0.921. The fourth-order valence-electron chi connectivity index (χ4n) is 2.58. The SMILES string of the molecule is CCN1CCO[C@@H](CC(=O)Nc2cc(C)cc(C)c2)C1=O. The lowest BCUT2D eigenvalue weighted by molar-refractivity contribution is -0.154. The van der Waals surface area contributed by atoms with E-state index in [9.17, 15) is 9.59 Å². The third-order valence-corrected chi connectivity index (χ3v) is 3.53. The number of morpholine rings is 1. The van der Waals surface area contributed by atoms with Gasteiger partial charge in [0.05, 0.1) is 13.0 Å². The molecule has 2 rings (SSSR count). The maximum absolute atomic E-state index is 12.1. The van der Waals surface area contributed by atoms with E-state index in [4.69, 9.17) is 4.74 Å². The summed E-state index contributed by atoms with van der Waals surface area (Å²) in [6.07, 6.45) is -0.605. The number of hydrogen-bond acceptors (Lipinski definition) is 3. The molecule has 0 saturated carbocycles. The second kappa shape index (κ2) is 6.72. The fraction of sp³-hybridized carbons (Fsp3) is 0.500. The first kappa shape index (κ1) is 15.5. The lowest BCUT2D eigenvalue weighted by Gasteiger charge is -2.31. The van der Waals surface area contributed by atoms with E-state index in [0.717, 1.165) is 16.8 Å². The van der Waals surface area contributed by atoms with E-state index in [0.29, 0.717) is 19.7 Å². The molecule has 1 aliphatic heterocycles. The molecule has 114 valence electrons. The molecule has 1 aromatic rings. The molecule has 0 unspecified atom stereocenters. The average Bonchev–Trinajstić information content (AvgIpc) is 2.40. The van der Waals surface area contributed by atoms with Crippen molar-refractivity contribution in [3.05, 3.63) is 29.3 Å². The van der Waals surface area contributed by atoms with Crippen LogP contribution in [0, 0.1) is 13.8 Å². The number of amides is 2. The largest absolute Gasteiger partial charge is 0.366 e. The highest BCUT2D eigenvalue weighted by molar-refractivity contribution is 5.95. The topological polar surface area (TPSA) is 58.6 Å². The molecule has 21 heavy (non-hydrogen) atoms. The Morgan fingerprint density at radius 2 is 2.00 bits per heavy atom. The van der Waals surface area contributed by atoms with Gasteiger partial charge in [0.2, 0.25) is 5.91 Å². The minimum absolute atomic E-state index is 0.0579. The van der Waals surface area contributed by atoms with Crippen molar-refractivity contribution in [3.63, 3.8) is 0 Å². The van der Waals surface area contributed by atoms with Crippen molar-refractivity contribution in [1.82, 2.24) is 4.90 Å². The van der Waals surface area contributed by atoms with E-state index in [1.165, 1.54) is 0 Å². The number of carbonyl (C=O) groups excluding carboxylic acids is 2. The van der Waals surface area contributed by atoms with E-state index in [2.05, 4.69) is 5.32 Å². The highest BCUT2D eigenvalue weighted by atomic mass is 16.5. The monoisotopic (exact) mass is 290 g/mol. The summed E-state index contributed by atoms with van der Waals surface area (Å²) in [6, 6.07) is 5.86. The summed E-state index contributed by atoms with van der Waals surface area (Å²) in [5.74, 6) is -0.296. The minimum atomic E-state index is -0.662. The predicted octanol–water partition coefficient (Wildman–Crippen LogP) is 1.88. The van der Waals surface area contributed by atoms with Crippen LogP contribution in [0.5, 0.6) is 0 Å². The van der Waals surface area contributed by atoms with Gasteiger partial charge in [-0.3, -0.25) is 9.59 Å². The molecule has 0 bridgehead atoms. The molecule has 1 atom stereocenters. The lowest BCUT2D eigenvalue weighted by atomic mass is 10.1. The summed E-state index contributed by atoms with van der Waals surface area (Å²) in [5.41, 5.74) is 2.94. The van der Waals surface area contributed by atoms with E-state index < -0.39 is 6.10 Å².